The van der Waals surface area contributed by atoms with E-state index in [-0.39, 0.29) is 24.2 Å². The normalized spacial score (nSPS) is 13.1. The lowest BCUT2D eigenvalue weighted by Gasteiger charge is -2.14. The second-order valence-corrected chi connectivity index (χ2v) is 4.86. The SMILES string of the molecule is COC(=O)C(O)C(O)CC/C(O)=C/O.O=C(O)c1cc(O)c(O)c(O)c1. The smallest absolute Gasteiger partial charge is 0.337 e. The van der Waals surface area contributed by atoms with Gasteiger partial charge < -0.3 is 45.6 Å². The minimum atomic E-state index is -1.63. The molecule has 2 unspecified atom stereocenters. The molecule has 0 radical (unpaired) electrons. The number of carbonyl (C=O) groups excluding carboxylic acids is 1. The van der Waals surface area contributed by atoms with Gasteiger partial charge in [-0.1, -0.05) is 0 Å². The average molecular weight is 376 g/mol. The number of phenolic OH excluding ortho intramolecular Hbond substituents is 3. The second kappa shape index (κ2) is 10.6. The van der Waals surface area contributed by atoms with Crippen LogP contribution in [0.2, 0.25) is 0 Å². The molecule has 11 nitrogen and oxygen atoms in total. The molecule has 0 spiro atoms. The van der Waals surface area contributed by atoms with Crippen molar-refractivity contribution in [2.24, 2.45) is 0 Å². The number of rotatable bonds is 6. The van der Waals surface area contributed by atoms with Gasteiger partial charge in [0.1, 0.15) is 12.0 Å². The predicted octanol–water partition coefficient (Wildman–Crippen LogP) is 0.120. The first kappa shape index (κ1) is 22.8. The highest BCUT2D eigenvalue weighted by molar-refractivity contribution is 5.89. The molecule has 8 N–H and O–H groups in total. The van der Waals surface area contributed by atoms with E-state index in [0.29, 0.717) is 6.26 Å². The largest absolute Gasteiger partial charge is 0.512 e. The van der Waals surface area contributed by atoms with E-state index in [1.807, 2.05) is 0 Å². The maximum atomic E-state index is 10.7. The molecular formula is C15H20O11. The van der Waals surface area contributed by atoms with Crippen LogP contribution in [0, 0.1) is 0 Å². The summed E-state index contributed by atoms with van der Waals surface area (Å²) < 4.78 is 4.19. The van der Waals surface area contributed by atoms with Gasteiger partial charge in [0.25, 0.3) is 0 Å². The molecule has 0 aliphatic carbocycles. The summed E-state index contributed by atoms with van der Waals surface area (Å²) in [6.07, 6.45) is -2.57. The molecule has 0 heterocycles. The Bertz CT molecular complexity index is 630. The maximum absolute atomic E-state index is 10.7. The third kappa shape index (κ3) is 7.15. The van der Waals surface area contributed by atoms with Crippen LogP contribution in [0.5, 0.6) is 17.2 Å². The zero-order valence-corrected chi connectivity index (χ0v) is 13.6. The van der Waals surface area contributed by atoms with E-state index >= 15 is 0 Å². The van der Waals surface area contributed by atoms with Gasteiger partial charge in [0.15, 0.2) is 23.4 Å². The third-order valence-corrected chi connectivity index (χ3v) is 2.97. The van der Waals surface area contributed by atoms with Gasteiger partial charge in [-0.25, -0.2) is 9.59 Å². The molecule has 2 atom stereocenters. The quantitative estimate of drug-likeness (QED) is 0.190. The van der Waals surface area contributed by atoms with Crippen molar-refractivity contribution in [3.8, 4) is 17.2 Å². The number of phenols is 3. The Labute approximate surface area is 147 Å². The minimum absolute atomic E-state index is 0.0360. The Kier molecular flexibility index (Phi) is 9.34. The van der Waals surface area contributed by atoms with E-state index < -0.39 is 41.4 Å². The van der Waals surface area contributed by atoms with Crippen molar-refractivity contribution in [1.29, 1.82) is 0 Å². The molecule has 0 aliphatic rings. The number of esters is 1. The van der Waals surface area contributed by atoms with Crippen molar-refractivity contribution in [2.45, 2.75) is 25.0 Å². The Balaban J connectivity index is 0.000000485. The number of aliphatic hydroxyl groups is 4. The van der Waals surface area contributed by atoms with Crippen molar-refractivity contribution in [3.05, 3.63) is 29.7 Å². The molecule has 0 saturated carbocycles. The monoisotopic (exact) mass is 376 g/mol. The number of aromatic hydroxyl groups is 3. The summed E-state index contributed by atoms with van der Waals surface area (Å²) in [5, 5.41) is 70.3. The van der Waals surface area contributed by atoms with Gasteiger partial charge in [0, 0.05) is 6.42 Å². The highest BCUT2D eigenvalue weighted by atomic mass is 16.5. The summed E-state index contributed by atoms with van der Waals surface area (Å²) in [6.45, 7) is 0. The van der Waals surface area contributed by atoms with Crippen LogP contribution in [0.4, 0.5) is 0 Å². The summed E-state index contributed by atoms with van der Waals surface area (Å²) in [5.41, 5.74) is -0.289. The Hall–Kier alpha value is -3.18. The Morgan fingerprint density at radius 1 is 1.12 bits per heavy atom. The fraction of sp³-hybridized carbons (Fsp3) is 0.333. The van der Waals surface area contributed by atoms with E-state index in [0.717, 1.165) is 19.2 Å². The number of hydrogen-bond acceptors (Lipinski definition) is 10. The van der Waals surface area contributed by atoms with Gasteiger partial charge in [0.05, 0.1) is 18.8 Å². The van der Waals surface area contributed by atoms with Gasteiger partial charge in [-0.3, -0.25) is 0 Å². The molecule has 1 rings (SSSR count). The molecule has 0 aliphatic heterocycles. The van der Waals surface area contributed by atoms with E-state index in [2.05, 4.69) is 4.74 Å². The first-order chi connectivity index (χ1) is 12.0. The van der Waals surface area contributed by atoms with E-state index in [9.17, 15) is 14.7 Å². The van der Waals surface area contributed by atoms with Crippen LogP contribution in [-0.4, -0.2) is 72.1 Å². The van der Waals surface area contributed by atoms with Crippen LogP contribution in [0.15, 0.2) is 24.2 Å². The van der Waals surface area contributed by atoms with Crippen LogP contribution < -0.4 is 0 Å². The Morgan fingerprint density at radius 3 is 2.00 bits per heavy atom. The molecule has 0 amide bonds. The average Bonchev–Trinajstić information content (AvgIpc) is 2.62. The zero-order chi connectivity index (χ0) is 20.4. The topological polar surface area (TPSA) is 205 Å². The lowest BCUT2D eigenvalue weighted by molar-refractivity contribution is -0.156. The minimum Gasteiger partial charge on any atom is -0.512 e. The van der Waals surface area contributed by atoms with Gasteiger partial charge in [-0.2, -0.15) is 0 Å². The summed E-state index contributed by atoms with van der Waals surface area (Å²) in [7, 11) is 1.09. The number of hydrogen-bond donors (Lipinski definition) is 8. The van der Waals surface area contributed by atoms with E-state index in [4.69, 9.17) is 35.7 Å². The number of methoxy groups -OCH3 is 1. The molecule has 1 aromatic carbocycles. The number of aliphatic hydroxyl groups excluding tert-OH is 4. The summed E-state index contributed by atoms with van der Waals surface area (Å²) >= 11 is 0. The van der Waals surface area contributed by atoms with Crippen molar-refractivity contribution in [1.82, 2.24) is 0 Å². The third-order valence-electron chi connectivity index (χ3n) is 2.97. The number of aromatic carboxylic acids is 1. The lowest BCUT2D eigenvalue weighted by atomic mass is 10.1. The zero-order valence-electron chi connectivity index (χ0n) is 13.6. The van der Waals surface area contributed by atoms with E-state index in [1.165, 1.54) is 0 Å². The summed E-state index contributed by atoms with van der Waals surface area (Å²) in [4.78, 5) is 21.0. The fourth-order valence-corrected chi connectivity index (χ4v) is 1.52. The van der Waals surface area contributed by atoms with Gasteiger partial charge in [0.2, 0.25) is 0 Å². The van der Waals surface area contributed by atoms with Crippen molar-refractivity contribution >= 4 is 11.9 Å². The Morgan fingerprint density at radius 2 is 1.62 bits per heavy atom. The molecular weight excluding hydrogens is 356 g/mol. The summed E-state index contributed by atoms with van der Waals surface area (Å²) in [5.74, 6) is -4.61. The van der Waals surface area contributed by atoms with Gasteiger partial charge in [-0.15, -0.1) is 0 Å². The van der Waals surface area contributed by atoms with Crippen LogP contribution in [0.25, 0.3) is 0 Å². The highest BCUT2D eigenvalue weighted by Crippen LogP contribution is 2.35. The van der Waals surface area contributed by atoms with Crippen LogP contribution in [-0.2, 0) is 9.53 Å². The standard InChI is InChI=1S/C8H14O6.C7H6O5/c1-14-8(13)7(12)6(11)3-2-5(10)4-9;8-4-1-3(7(11)12)2-5(9)6(4)10/h4,6-7,9-12H,2-3H2,1H3;1-2,8-10H,(H,11,12)/b5-4-;. The summed E-state index contributed by atoms with van der Waals surface area (Å²) in [6, 6.07) is 1.69. The fourth-order valence-electron chi connectivity index (χ4n) is 1.52. The van der Waals surface area contributed by atoms with Crippen LogP contribution in [0.3, 0.4) is 0 Å². The molecule has 0 bridgehead atoms. The highest BCUT2D eigenvalue weighted by Gasteiger charge is 2.24. The maximum Gasteiger partial charge on any atom is 0.337 e. The second-order valence-electron chi connectivity index (χ2n) is 4.86. The first-order valence-corrected chi connectivity index (χ1v) is 6.99. The number of carboxylic acid groups (broad SMARTS) is 1. The number of carboxylic acids is 1. The molecule has 146 valence electrons. The van der Waals surface area contributed by atoms with Gasteiger partial charge >= 0.3 is 11.9 Å². The molecule has 11 heteroatoms. The van der Waals surface area contributed by atoms with E-state index in [1.54, 1.807) is 0 Å². The number of carbonyl (C=O) groups is 2. The van der Waals surface area contributed by atoms with Crippen molar-refractivity contribution in [3.63, 3.8) is 0 Å². The molecule has 0 aromatic heterocycles. The molecule has 0 fully saturated rings. The van der Waals surface area contributed by atoms with Crippen LogP contribution in [0.1, 0.15) is 23.2 Å². The van der Waals surface area contributed by atoms with Crippen LogP contribution >= 0.6 is 0 Å². The molecule has 0 saturated heterocycles. The van der Waals surface area contributed by atoms with Gasteiger partial charge in [-0.05, 0) is 18.6 Å². The predicted molar refractivity (Wildman–Crippen MR) is 85.0 cm³/mol. The molecule has 1 aromatic rings. The van der Waals surface area contributed by atoms with Crippen molar-refractivity contribution < 1.29 is 55.2 Å². The number of allylic oxidation sites excluding steroid dienone is 1. The first-order valence-electron chi connectivity index (χ1n) is 6.99. The lowest BCUT2D eigenvalue weighted by Crippen LogP contribution is -2.34. The number of benzene rings is 1. The number of ether oxygens (including phenoxy) is 1. The van der Waals surface area contributed by atoms with Crippen molar-refractivity contribution in [2.75, 3.05) is 7.11 Å². The molecule has 26 heavy (non-hydrogen) atoms.